The largest absolute Gasteiger partial charge is 0.346 e. The van der Waals surface area contributed by atoms with Gasteiger partial charge in [0, 0.05) is 18.8 Å². The summed E-state index contributed by atoms with van der Waals surface area (Å²) in [5.74, 6) is -0.157. The van der Waals surface area contributed by atoms with Crippen LogP contribution < -0.4 is 5.32 Å². The number of carbonyl (C=O) groups excluding carboxylic acids is 1. The van der Waals surface area contributed by atoms with Crippen molar-refractivity contribution in [2.24, 2.45) is 7.05 Å². The topological polar surface area (TPSA) is 64.7 Å². The van der Waals surface area contributed by atoms with Gasteiger partial charge in [-0.05, 0) is 33.6 Å². The van der Waals surface area contributed by atoms with Gasteiger partial charge in [-0.25, -0.2) is 0 Å². The number of amides is 1. The van der Waals surface area contributed by atoms with E-state index in [4.69, 9.17) is 11.6 Å². The van der Waals surface area contributed by atoms with Gasteiger partial charge in [0.25, 0.3) is 5.91 Å². The molecule has 0 aliphatic heterocycles. The van der Waals surface area contributed by atoms with Crippen LogP contribution in [0, 0.1) is 0 Å². The number of rotatable bonds is 5. The predicted molar refractivity (Wildman–Crippen MR) is 94.9 cm³/mol. The van der Waals surface area contributed by atoms with Crippen molar-refractivity contribution >= 4 is 33.4 Å². The Kier molecular flexibility index (Phi) is 5.01. The second kappa shape index (κ2) is 7.19. The van der Waals surface area contributed by atoms with Gasteiger partial charge < -0.3 is 5.32 Å². The summed E-state index contributed by atoms with van der Waals surface area (Å²) < 4.78 is 4.37. The zero-order valence-electron chi connectivity index (χ0n) is 12.9. The highest BCUT2D eigenvalue weighted by atomic mass is 79.9. The summed E-state index contributed by atoms with van der Waals surface area (Å²) in [4.78, 5) is 12.4. The van der Waals surface area contributed by atoms with Crippen LogP contribution >= 0.6 is 27.5 Å². The molecule has 3 aromatic rings. The average Bonchev–Trinajstić information content (AvgIpc) is 3.11. The lowest BCUT2D eigenvalue weighted by atomic mass is 10.1. The fourth-order valence-corrected chi connectivity index (χ4v) is 2.88. The van der Waals surface area contributed by atoms with Gasteiger partial charge in [0.05, 0.1) is 40.7 Å². The van der Waals surface area contributed by atoms with Crippen molar-refractivity contribution in [2.45, 2.75) is 13.1 Å². The van der Waals surface area contributed by atoms with Gasteiger partial charge in [0.1, 0.15) is 0 Å². The molecule has 1 N–H and O–H groups in total. The minimum absolute atomic E-state index is 0.157. The maximum Gasteiger partial charge on any atom is 0.251 e. The molecule has 1 amide bonds. The number of nitrogens with zero attached hydrogens (tertiary/aromatic N) is 4. The molecule has 6 nitrogen and oxygen atoms in total. The minimum atomic E-state index is -0.157. The number of carbonyl (C=O) groups is 1. The average molecular weight is 409 g/mol. The SMILES string of the molecule is Cn1ncc(Cl)c1CNC(=O)c1cccc(Cn2cc(Br)cn2)c1. The maximum absolute atomic E-state index is 12.4. The smallest absolute Gasteiger partial charge is 0.251 e. The van der Waals surface area contributed by atoms with Crippen molar-refractivity contribution in [3.8, 4) is 0 Å². The van der Waals surface area contributed by atoms with Gasteiger partial charge in [0.15, 0.2) is 0 Å². The lowest BCUT2D eigenvalue weighted by Crippen LogP contribution is -2.24. The number of benzene rings is 1. The van der Waals surface area contributed by atoms with Crippen LogP contribution in [-0.4, -0.2) is 25.5 Å². The first-order valence-electron chi connectivity index (χ1n) is 7.24. The Bertz CT molecular complexity index is 853. The molecule has 2 aromatic heterocycles. The van der Waals surface area contributed by atoms with Crippen LogP contribution in [-0.2, 0) is 20.1 Å². The molecule has 3 rings (SSSR count). The number of aromatic nitrogens is 4. The predicted octanol–water partition coefficient (Wildman–Crippen LogP) is 3.01. The Morgan fingerprint density at radius 3 is 2.83 bits per heavy atom. The van der Waals surface area contributed by atoms with E-state index in [2.05, 4.69) is 31.4 Å². The molecule has 0 saturated heterocycles. The zero-order chi connectivity index (χ0) is 17.1. The third kappa shape index (κ3) is 3.85. The van der Waals surface area contributed by atoms with Crippen LogP contribution in [0.4, 0.5) is 0 Å². The van der Waals surface area contributed by atoms with E-state index in [-0.39, 0.29) is 5.91 Å². The summed E-state index contributed by atoms with van der Waals surface area (Å²) in [6.07, 6.45) is 5.18. The summed E-state index contributed by atoms with van der Waals surface area (Å²) in [5.41, 5.74) is 2.36. The van der Waals surface area contributed by atoms with Gasteiger partial charge in [-0.15, -0.1) is 0 Å². The molecule has 2 heterocycles. The van der Waals surface area contributed by atoms with Crippen molar-refractivity contribution < 1.29 is 4.79 Å². The van der Waals surface area contributed by atoms with E-state index < -0.39 is 0 Å². The lowest BCUT2D eigenvalue weighted by molar-refractivity contribution is 0.0950. The summed E-state index contributed by atoms with van der Waals surface area (Å²) >= 11 is 9.41. The van der Waals surface area contributed by atoms with Gasteiger partial charge >= 0.3 is 0 Å². The Hall–Kier alpha value is -2.12. The van der Waals surface area contributed by atoms with E-state index in [0.717, 1.165) is 15.7 Å². The second-order valence-electron chi connectivity index (χ2n) is 5.30. The standard InChI is InChI=1S/C16H15BrClN5O/c1-22-15(14(18)7-20-22)8-19-16(24)12-4-2-3-11(5-12)9-23-10-13(17)6-21-23/h2-7,10H,8-9H2,1H3,(H,19,24). The van der Waals surface area contributed by atoms with Crippen molar-refractivity contribution in [1.82, 2.24) is 24.9 Å². The Morgan fingerprint density at radius 2 is 2.17 bits per heavy atom. The van der Waals surface area contributed by atoms with Gasteiger partial charge in [0.2, 0.25) is 0 Å². The van der Waals surface area contributed by atoms with Crippen LogP contribution in [0.3, 0.4) is 0 Å². The van der Waals surface area contributed by atoms with E-state index >= 15 is 0 Å². The van der Waals surface area contributed by atoms with Gasteiger partial charge in [-0.2, -0.15) is 10.2 Å². The van der Waals surface area contributed by atoms with Gasteiger partial charge in [-0.3, -0.25) is 14.2 Å². The van der Waals surface area contributed by atoms with Crippen molar-refractivity contribution in [3.63, 3.8) is 0 Å². The molecular formula is C16H15BrClN5O. The third-order valence-corrected chi connectivity index (χ3v) is 4.29. The van der Waals surface area contributed by atoms with Crippen LogP contribution in [0.5, 0.6) is 0 Å². The molecule has 24 heavy (non-hydrogen) atoms. The highest BCUT2D eigenvalue weighted by Gasteiger charge is 2.10. The molecule has 0 spiro atoms. The fourth-order valence-electron chi connectivity index (χ4n) is 2.32. The van der Waals surface area contributed by atoms with Crippen LogP contribution in [0.15, 0.2) is 47.3 Å². The van der Waals surface area contributed by atoms with Crippen LogP contribution in [0.1, 0.15) is 21.6 Å². The molecule has 0 saturated carbocycles. The summed E-state index contributed by atoms with van der Waals surface area (Å²) in [6.45, 7) is 0.921. The van der Waals surface area contributed by atoms with Crippen molar-refractivity contribution in [2.75, 3.05) is 0 Å². The van der Waals surface area contributed by atoms with Crippen LogP contribution in [0.25, 0.3) is 0 Å². The number of hydrogen-bond donors (Lipinski definition) is 1. The molecule has 124 valence electrons. The fraction of sp³-hybridized carbons (Fsp3) is 0.188. The highest BCUT2D eigenvalue weighted by Crippen LogP contribution is 2.14. The molecule has 0 unspecified atom stereocenters. The summed E-state index contributed by atoms with van der Waals surface area (Å²) in [7, 11) is 1.79. The molecule has 8 heteroatoms. The number of aryl methyl sites for hydroxylation is 1. The molecule has 0 bridgehead atoms. The van der Waals surface area contributed by atoms with E-state index in [9.17, 15) is 4.79 Å². The number of halogens is 2. The molecule has 0 atom stereocenters. The molecule has 1 aromatic carbocycles. The second-order valence-corrected chi connectivity index (χ2v) is 6.62. The normalized spacial score (nSPS) is 10.8. The molecule has 0 radical (unpaired) electrons. The first-order valence-corrected chi connectivity index (χ1v) is 8.41. The van der Waals surface area contributed by atoms with Gasteiger partial charge in [-0.1, -0.05) is 23.7 Å². The van der Waals surface area contributed by atoms with E-state index in [1.54, 1.807) is 34.9 Å². The Balaban J connectivity index is 1.68. The van der Waals surface area contributed by atoms with E-state index in [0.29, 0.717) is 23.7 Å². The lowest BCUT2D eigenvalue weighted by Gasteiger charge is -2.08. The first-order chi connectivity index (χ1) is 11.5. The highest BCUT2D eigenvalue weighted by molar-refractivity contribution is 9.10. The first kappa shape index (κ1) is 16.7. The van der Waals surface area contributed by atoms with E-state index in [1.165, 1.54) is 0 Å². The quantitative estimate of drug-likeness (QED) is 0.706. The number of nitrogens with one attached hydrogen (secondary N) is 1. The molecule has 0 fully saturated rings. The van der Waals surface area contributed by atoms with Crippen molar-refractivity contribution in [1.29, 1.82) is 0 Å². The Labute approximate surface area is 152 Å². The molecular weight excluding hydrogens is 394 g/mol. The summed E-state index contributed by atoms with van der Waals surface area (Å²) in [5, 5.41) is 11.7. The minimum Gasteiger partial charge on any atom is -0.346 e. The summed E-state index contributed by atoms with van der Waals surface area (Å²) in [6, 6.07) is 7.46. The van der Waals surface area contributed by atoms with E-state index in [1.807, 2.05) is 24.4 Å². The molecule has 0 aliphatic carbocycles. The van der Waals surface area contributed by atoms with Crippen LogP contribution in [0.2, 0.25) is 5.02 Å². The third-order valence-electron chi connectivity index (χ3n) is 3.56. The monoisotopic (exact) mass is 407 g/mol. The Morgan fingerprint density at radius 1 is 1.33 bits per heavy atom. The zero-order valence-corrected chi connectivity index (χ0v) is 15.3. The van der Waals surface area contributed by atoms with Crippen molar-refractivity contribution in [3.05, 3.63) is 69.2 Å². The number of hydrogen-bond acceptors (Lipinski definition) is 3. The molecule has 0 aliphatic rings. The maximum atomic E-state index is 12.4.